The number of nitrogens with zero attached hydrogens (tertiary/aromatic N) is 5. The normalized spacial score (nSPS) is 20.4. The van der Waals surface area contributed by atoms with Gasteiger partial charge in [-0.2, -0.15) is 0 Å². The largest absolute Gasteiger partial charge is 0.394 e. The molecule has 0 spiro atoms. The van der Waals surface area contributed by atoms with Gasteiger partial charge in [0.15, 0.2) is 17.0 Å². The van der Waals surface area contributed by atoms with Crippen molar-refractivity contribution in [2.45, 2.75) is 32.4 Å². The summed E-state index contributed by atoms with van der Waals surface area (Å²) in [5, 5.41) is 19.4. The van der Waals surface area contributed by atoms with Crippen LogP contribution in [0.2, 0.25) is 0 Å². The van der Waals surface area contributed by atoms with Crippen LogP contribution in [0.5, 0.6) is 0 Å². The number of hydrogen-bond donors (Lipinski definition) is 2. The highest BCUT2D eigenvalue weighted by molar-refractivity contribution is 5.83. The van der Waals surface area contributed by atoms with Crippen LogP contribution in [0.4, 0.5) is 5.82 Å². The molecule has 3 atom stereocenters. The van der Waals surface area contributed by atoms with Crippen molar-refractivity contribution in [2.75, 3.05) is 37.8 Å². The number of aliphatic hydroxyl groups excluding tert-OH is 2. The van der Waals surface area contributed by atoms with Crippen LogP contribution >= 0.6 is 0 Å². The number of aromatic nitrogens is 4. The minimum absolute atomic E-state index is 0.181. The molecule has 8 nitrogen and oxygen atoms in total. The number of hydrogen-bond acceptors (Lipinski definition) is 7. The molecule has 24 heavy (non-hydrogen) atoms. The summed E-state index contributed by atoms with van der Waals surface area (Å²) in [6.07, 6.45) is 3.49. The second kappa shape index (κ2) is 7.42. The maximum Gasteiger partial charge on any atom is 0.165 e. The van der Waals surface area contributed by atoms with E-state index in [0.29, 0.717) is 17.1 Å². The number of rotatable bonds is 7. The molecule has 1 unspecified atom stereocenters. The maximum atomic E-state index is 9.88. The third-order valence-corrected chi connectivity index (χ3v) is 4.62. The summed E-state index contributed by atoms with van der Waals surface area (Å²) < 4.78 is 7.19. The molecule has 0 amide bonds. The van der Waals surface area contributed by atoms with Gasteiger partial charge in [0, 0.05) is 25.6 Å². The first-order valence-corrected chi connectivity index (χ1v) is 8.44. The van der Waals surface area contributed by atoms with Crippen LogP contribution in [0.1, 0.15) is 26.3 Å². The van der Waals surface area contributed by atoms with Gasteiger partial charge in [0.25, 0.3) is 0 Å². The number of anilines is 1. The summed E-state index contributed by atoms with van der Waals surface area (Å²) in [7, 11) is 0. The molecular formula is C16H25N5O3. The summed E-state index contributed by atoms with van der Waals surface area (Å²) in [4.78, 5) is 15.4. The molecule has 0 bridgehead atoms. The summed E-state index contributed by atoms with van der Waals surface area (Å²) in [5.74, 6) is 1.29. The zero-order valence-corrected chi connectivity index (χ0v) is 14.2. The Kier molecular flexibility index (Phi) is 5.27. The molecule has 1 fully saturated rings. The molecular weight excluding hydrogens is 310 g/mol. The maximum absolute atomic E-state index is 9.88. The van der Waals surface area contributed by atoms with Crippen LogP contribution in [0.15, 0.2) is 12.7 Å². The van der Waals surface area contributed by atoms with E-state index in [1.54, 1.807) is 17.8 Å². The van der Waals surface area contributed by atoms with Gasteiger partial charge in [-0.15, -0.1) is 0 Å². The van der Waals surface area contributed by atoms with Gasteiger partial charge in [-0.3, -0.25) is 0 Å². The zero-order chi connectivity index (χ0) is 17.1. The van der Waals surface area contributed by atoms with Crippen LogP contribution in [0.25, 0.3) is 11.2 Å². The van der Waals surface area contributed by atoms with Crippen LogP contribution in [0.3, 0.4) is 0 Å². The highest BCUT2D eigenvalue weighted by atomic mass is 16.5. The van der Waals surface area contributed by atoms with Crippen LogP contribution < -0.4 is 4.90 Å². The Balaban J connectivity index is 1.94. The lowest BCUT2D eigenvalue weighted by molar-refractivity contribution is 0.0885. The van der Waals surface area contributed by atoms with E-state index in [-0.39, 0.29) is 6.61 Å². The van der Waals surface area contributed by atoms with Gasteiger partial charge in [0.2, 0.25) is 0 Å². The van der Waals surface area contributed by atoms with E-state index in [9.17, 15) is 10.2 Å². The summed E-state index contributed by atoms with van der Waals surface area (Å²) in [5.41, 5.74) is 1.32. The van der Waals surface area contributed by atoms with Gasteiger partial charge in [-0.1, -0.05) is 0 Å². The fourth-order valence-electron chi connectivity index (χ4n) is 3.19. The first-order chi connectivity index (χ1) is 11.7. The van der Waals surface area contributed by atoms with Crippen LogP contribution in [-0.4, -0.2) is 68.7 Å². The Labute approximate surface area is 141 Å². The van der Waals surface area contributed by atoms with E-state index in [1.165, 1.54) is 6.33 Å². The van der Waals surface area contributed by atoms with E-state index in [1.807, 2.05) is 0 Å². The van der Waals surface area contributed by atoms with Crippen molar-refractivity contribution in [3.8, 4) is 0 Å². The Hall–Kier alpha value is -1.77. The van der Waals surface area contributed by atoms with Gasteiger partial charge >= 0.3 is 0 Å². The Morgan fingerprint density at radius 1 is 1.42 bits per heavy atom. The second-order valence-electron chi connectivity index (χ2n) is 6.28. The lowest BCUT2D eigenvalue weighted by Crippen LogP contribution is -2.30. The van der Waals surface area contributed by atoms with E-state index in [0.717, 1.165) is 38.5 Å². The van der Waals surface area contributed by atoms with Gasteiger partial charge in [-0.05, 0) is 20.3 Å². The number of fused-ring (bicyclic) bond motifs is 1. The lowest BCUT2D eigenvalue weighted by Gasteiger charge is -2.25. The van der Waals surface area contributed by atoms with Crippen molar-refractivity contribution in [3.63, 3.8) is 0 Å². The Bertz CT molecular complexity index is 669. The third-order valence-electron chi connectivity index (χ3n) is 4.62. The van der Waals surface area contributed by atoms with E-state index in [4.69, 9.17) is 4.74 Å². The Morgan fingerprint density at radius 2 is 2.25 bits per heavy atom. The smallest absolute Gasteiger partial charge is 0.165 e. The SMILES string of the molecule is CCN(CC1CCOC1)c1ncnc2c1ncn2[C@@H](CO)[C@@H](C)O. The monoisotopic (exact) mass is 335 g/mol. The van der Waals surface area contributed by atoms with Crippen LogP contribution in [-0.2, 0) is 4.74 Å². The van der Waals surface area contributed by atoms with E-state index < -0.39 is 12.1 Å². The first-order valence-electron chi connectivity index (χ1n) is 8.44. The molecule has 2 aromatic heterocycles. The molecule has 0 saturated carbocycles. The van der Waals surface area contributed by atoms with Crippen LogP contribution in [0, 0.1) is 5.92 Å². The van der Waals surface area contributed by atoms with Gasteiger partial charge in [-0.25, -0.2) is 15.0 Å². The van der Waals surface area contributed by atoms with Gasteiger partial charge < -0.3 is 24.4 Å². The zero-order valence-electron chi connectivity index (χ0n) is 14.2. The van der Waals surface area contributed by atoms with Crippen molar-refractivity contribution in [3.05, 3.63) is 12.7 Å². The first kappa shape index (κ1) is 17.1. The summed E-state index contributed by atoms with van der Waals surface area (Å²) >= 11 is 0. The number of imidazole rings is 1. The Morgan fingerprint density at radius 3 is 2.88 bits per heavy atom. The molecule has 8 heteroatoms. The third kappa shape index (κ3) is 3.22. The fourth-order valence-corrected chi connectivity index (χ4v) is 3.19. The molecule has 3 heterocycles. The number of aliphatic hydroxyl groups is 2. The lowest BCUT2D eigenvalue weighted by atomic mass is 10.1. The van der Waals surface area contributed by atoms with Crippen molar-refractivity contribution in [1.29, 1.82) is 0 Å². The van der Waals surface area contributed by atoms with E-state index >= 15 is 0 Å². The summed E-state index contributed by atoms with van der Waals surface area (Å²) in [6.45, 7) is 6.85. The topological polar surface area (TPSA) is 96.5 Å². The minimum atomic E-state index is -0.705. The molecule has 1 aliphatic rings. The second-order valence-corrected chi connectivity index (χ2v) is 6.28. The fraction of sp³-hybridized carbons (Fsp3) is 0.688. The molecule has 1 aliphatic heterocycles. The predicted octanol–water partition coefficient (Wildman–Crippen LogP) is 0.603. The standard InChI is InChI=1S/C16H25N5O3/c1-3-20(6-12-4-5-24-8-12)15-14-16(18-9-17-15)21(10-19-14)13(7-22)11(2)23/h9-13,22-23H,3-8H2,1-2H3/t11-,12?,13+/m1/s1. The summed E-state index contributed by atoms with van der Waals surface area (Å²) in [6, 6.07) is -0.476. The highest BCUT2D eigenvalue weighted by Crippen LogP contribution is 2.26. The molecule has 132 valence electrons. The van der Waals surface area contributed by atoms with Gasteiger partial charge in [0.1, 0.15) is 6.33 Å². The highest BCUT2D eigenvalue weighted by Gasteiger charge is 2.24. The molecule has 0 aromatic carbocycles. The van der Waals surface area contributed by atoms with Crippen molar-refractivity contribution < 1.29 is 14.9 Å². The number of ether oxygens (including phenoxy) is 1. The molecule has 2 aromatic rings. The average molecular weight is 335 g/mol. The van der Waals surface area contributed by atoms with Crippen molar-refractivity contribution >= 4 is 17.0 Å². The quantitative estimate of drug-likeness (QED) is 0.765. The molecule has 0 aliphatic carbocycles. The molecule has 2 N–H and O–H groups in total. The molecule has 1 saturated heterocycles. The predicted molar refractivity (Wildman–Crippen MR) is 89.9 cm³/mol. The minimum Gasteiger partial charge on any atom is -0.394 e. The van der Waals surface area contributed by atoms with Crippen molar-refractivity contribution in [2.24, 2.45) is 5.92 Å². The average Bonchev–Trinajstić information content (AvgIpc) is 3.23. The molecule has 3 rings (SSSR count). The molecule has 0 radical (unpaired) electrons. The van der Waals surface area contributed by atoms with E-state index in [2.05, 4.69) is 26.8 Å². The van der Waals surface area contributed by atoms with Crippen molar-refractivity contribution in [1.82, 2.24) is 19.5 Å². The van der Waals surface area contributed by atoms with Gasteiger partial charge in [0.05, 0.1) is 31.7 Å².